The van der Waals surface area contributed by atoms with E-state index in [4.69, 9.17) is 6.42 Å². The van der Waals surface area contributed by atoms with Gasteiger partial charge in [-0.05, 0) is 12.1 Å². The Bertz CT molecular complexity index is 872. The van der Waals surface area contributed by atoms with Crippen LogP contribution in [0, 0.1) is 12.3 Å². The van der Waals surface area contributed by atoms with Crippen LogP contribution in [0.2, 0.25) is 0 Å². The molecule has 0 saturated heterocycles. The van der Waals surface area contributed by atoms with E-state index < -0.39 is 23.6 Å². The first kappa shape index (κ1) is 17.0. The van der Waals surface area contributed by atoms with Crippen molar-refractivity contribution in [2.75, 3.05) is 6.54 Å². The van der Waals surface area contributed by atoms with Crippen LogP contribution in [0.3, 0.4) is 0 Å². The molecule has 0 fully saturated rings. The SMILES string of the molecule is C#CCCC1(CCNC(=O)c2nc(C(F)(F)F)n3ccccc23)N=N1. The zero-order chi connectivity index (χ0) is 18.1. The van der Waals surface area contributed by atoms with Gasteiger partial charge in [-0.2, -0.15) is 23.4 Å². The molecule has 0 saturated carbocycles. The van der Waals surface area contributed by atoms with Crippen LogP contribution in [0.5, 0.6) is 0 Å². The predicted octanol–water partition coefficient (Wildman–Crippen LogP) is 3.05. The molecule has 1 N–H and O–H groups in total. The summed E-state index contributed by atoms with van der Waals surface area (Å²) >= 11 is 0. The second kappa shape index (κ2) is 6.20. The molecule has 0 aliphatic carbocycles. The second-order valence-electron chi connectivity index (χ2n) is 5.63. The number of nitrogens with zero attached hydrogens (tertiary/aromatic N) is 4. The monoisotopic (exact) mass is 349 g/mol. The number of nitrogens with one attached hydrogen (secondary N) is 1. The average Bonchev–Trinajstić information content (AvgIpc) is 3.21. The number of alkyl halides is 3. The van der Waals surface area contributed by atoms with Crippen molar-refractivity contribution in [1.29, 1.82) is 0 Å². The van der Waals surface area contributed by atoms with Crippen molar-refractivity contribution in [1.82, 2.24) is 14.7 Å². The van der Waals surface area contributed by atoms with Gasteiger partial charge in [0.1, 0.15) is 0 Å². The van der Waals surface area contributed by atoms with Crippen LogP contribution in [0.1, 0.15) is 35.6 Å². The first-order valence-electron chi connectivity index (χ1n) is 7.56. The van der Waals surface area contributed by atoms with E-state index in [0.717, 1.165) is 4.40 Å². The fraction of sp³-hybridized carbons (Fsp3) is 0.375. The lowest BCUT2D eigenvalue weighted by atomic mass is 10.0. The number of rotatable bonds is 6. The molecular formula is C16H14F3N5O. The second-order valence-corrected chi connectivity index (χ2v) is 5.63. The average molecular weight is 349 g/mol. The molecule has 0 unspecified atom stereocenters. The minimum Gasteiger partial charge on any atom is -0.350 e. The van der Waals surface area contributed by atoms with Crippen LogP contribution in [0.25, 0.3) is 5.52 Å². The van der Waals surface area contributed by atoms with E-state index in [0.29, 0.717) is 19.3 Å². The number of amides is 1. The van der Waals surface area contributed by atoms with Gasteiger partial charge < -0.3 is 5.32 Å². The molecule has 0 aromatic carbocycles. The maximum atomic E-state index is 13.1. The van der Waals surface area contributed by atoms with Crippen molar-refractivity contribution in [2.45, 2.75) is 31.1 Å². The first-order valence-corrected chi connectivity index (χ1v) is 7.56. The Morgan fingerprint density at radius 1 is 1.32 bits per heavy atom. The number of carbonyl (C=O) groups is 1. The number of imidazole rings is 1. The van der Waals surface area contributed by atoms with Crippen molar-refractivity contribution in [3.05, 3.63) is 35.9 Å². The summed E-state index contributed by atoms with van der Waals surface area (Å²) in [5, 5.41) is 10.4. The Balaban J connectivity index is 1.72. The van der Waals surface area contributed by atoms with Gasteiger partial charge in [0.25, 0.3) is 5.91 Å². The highest BCUT2D eigenvalue weighted by Gasteiger charge is 2.39. The van der Waals surface area contributed by atoms with Gasteiger partial charge in [-0.3, -0.25) is 9.20 Å². The molecule has 0 spiro atoms. The number of halogens is 3. The minimum atomic E-state index is -4.66. The van der Waals surface area contributed by atoms with E-state index in [1.807, 2.05) is 0 Å². The van der Waals surface area contributed by atoms with Crippen molar-refractivity contribution < 1.29 is 18.0 Å². The molecule has 1 aliphatic heterocycles. The van der Waals surface area contributed by atoms with Crippen LogP contribution >= 0.6 is 0 Å². The number of fused-ring (bicyclic) bond motifs is 1. The number of aromatic nitrogens is 2. The van der Waals surface area contributed by atoms with Crippen molar-refractivity contribution in [2.24, 2.45) is 10.2 Å². The van der Waals surface area contributed by atoms with E-state index in [1.165, 1.54) is 18.3 Å². The Morgan fingerprint density at radius 3 is 2.72 bits per heavy atom. The smallest absolute Gasteiger partial charge is 0.350 e. The fourth-order valence-corrected chi connectivity index (χ4v) is 2.53. The summed E-state index contributed by atoms with van der Waals surface area (Å²) in [4.78, 5) is 15.8. The van der Waals surface area contributed by atoms with Gasteiger partial charge in [-0.15, -0.1) is 12.3 Å². The zero-order valence-corrected chi connectivity index (χ0v) is 13.0. The third-order valence-corrected chi connectivity index (χ3v) is 3.88. The van der Waals surface area contributed by atoms with Crippen LogP contribution in [0.15, 0.2) is 34.6 Å². The summed E-state index contributed by atoms with van der Waals surface area (Å²) in [6.07, 6.45) is 3.31. The van der Waals surface area contributed by atoms with Crippen LogP contribution < -0.4 is 5.32 Å². The van der Waals surface area contributed by atoms with Gasteiger partial charge in [0.15, 0.2) is 11.4 Å². The standard InChI is InChI=1S/C16H14F3N5O/c1-2-3-7-15(22-23-15)8-9-20-13(25)12-11-6-4-5-10-24(11)14(21-12)16(17,18)19/h1,4-6,10H,3,7-9H2,(H,20,25). The van der Waals surface area contributed by atoms with E-state index in [-0.39, 0.29) is 17.8 Å². The molecule has 0 radical (unpaired) electrons. The summed E-state index contributed by atoms with van der Waals surface area (Å²) in [6.45, 7) is 0.212. The van der Waals surface area contributed by atoms with Gasteiger partial charge in [-0.1, -0.05) is 6.07 Å². The summed E-state index contributed by atoms with van der Waals surface area (Å²) in [5.41, 5.74) is -0.738. The van der Waals surface area contributed by atoms with Crippen LogP contribution in [-0.2, 0) is 6.18 Å². The predicted molar refractivity (Wildman–Crippen MR) is 82.8 cm³/mol. The molecule has 6 nitrogen and oxygen atoms in total. The molecular weight excluding hydrogens is 335 g/mol. The summed E-state index contributed by atoms with van der Waals surface area (Å²) < 4.78 is 40.1. The Hall–Kier alpha value is -2.89. The molecule has 25 heavy (non-hydrogen) atoms. The maximum Gasteiger partial charge on any atom is 0.450 e. The summed E-state index contributed by atoms with van der Waals surface area (Å²) in [5.74, 6) is 0.692. The van der Waals surface area contributed by atoms with Crippen molar-refractivity contribution >= 4 is 11.4 Å². The Labute approximate surface area is 141 Å². The van der Waals surface area contributed by atoms with E-state index >= 15 is 0 Å². The molecule has 3 heterocycles. The van der Waals surface area contributed by atoms with E-state index in [2.05, 4.69) is 26.4 Å². The normalized spacial score (nSPS) is 15.1. The number of carbonyl (C=O) groups excluding carboxylic acids is 1. The largest absolute Gasteiger partial charge is 0.450 e. The number of hydrogen-bond acceptors (Lipinski definition) is 4. The molecule has 2 aromatic rings. The van der Waals surface area contributed by atoms with E-state index in [1.54, 1.807) is 6.07 Å². The van der Waals surface area contributed by atoms with Gasteiger partial charge in [0.05, 0.1) is 5.52 Å². The van der Waals surface area contributed by atoms with Gasteiger partial charge in [0.2, 0.25) is 5.82 Å². The summed E-state index contributed by atoms with van der Waals surface area (Å²) in [6, 6.07) is 4.40. The van der Waals surface area contributed by atoms with Crippen LogP contribution in [0.4, 0.5) is 13.2 Å². The van der Waals surface area contributed by atoms with Crippen molar-refractivity contribution in [3.63, 3.8) is 0 Å². The molecule has 1 amide bonds. The van der Waals surface area contributed by atoms with Gasteiger partial charge in [0, 0.05) is 32.0 Å². The Kier molecular flexibility index (Phi) is 4.20. The van der Waals surface area contributed by atoms with E-state index in [9.17, 15) is 18.0 Å². The molecule has 2 aromatic heterocycles. The maximum absolute atomic E-state index is 13.1. The lowest BCUT2D eigenvalue weighted by Gasteiger charge is -2.09. The topological polar surface area (TPSA) is 71.1 Å². The molecule has 130 valence electrons. The highest BCUT2D eigenvalue weighted by Crippen LogP contribution is 2.36. The minimum absolute atomic E-state index is 0.0927. The lowest BCUT2D eigenvalue weighted by molar-refractivity contribution is -0.145. The lowest BCUT2D eigenvalue weighted by Crippen LogP contribution is -2.28. The zero-order valence-electron chi connectivity index (χ0n) is 13.0. The molecule has 3 rings (SSSR count). The van der Waals surface area contributed by atoms with Gasteiger partial charge in [-0.25, -0.2) is 4.98 Å². The Morgan fingerprint density at radius 2 is 2.08 bits per heavy atom. The molecule has 0 atom stereocenters. The first-order chi connectivity index (χ1) is 11.9. The van der Waals surface area contributed by atoms with Gasteiger partial charge >= 0.3 is 6.18 Å². The third kappa shape index (κ3) is 3.47. The number of pyridine rings is 1. The highest BCUT2D eigenvalue weighted by atomic mass is 19.4. The molecule has 0 bridgehead atoms. The quantitative estimate of drug-likeness (QED) is 0.814. The number of terminal acetylenes is 1. The molecule has 9 heteroatoms. The number of hydrogen-bond donors (Lipinski definition) is 1. The van der Waals surface area contributed by atoms with Crippen LogP contribution in [-0.4, -0.2) is 27.5 Å². The fourth-order valence-electron chi connectivity index (χ4n) is 2.53. The molecule has 1 aliphatic rings. The summed E-state index contributed by atoms with van der Waals surface area (Å²) in [7, 11) is 0. The highest BCUT2D eigenvalue weighted by molar-refractivity contribution is 5.99. The van der Waals surface area contributed by atoms with Crippen molar-refractivity contribution in [3.8, 4) is 12.3 Å². The third-order valence-electron chi connectivity index (χ3n) is 3.88.